The molecule has 0 fully saturated rings. The van der Waals surface area contributed by atoms with Crippen molar-refractivity contribution >= 4 is 5.91 Å². The molecule has 1 rings (SSSR count). The van der Waals surface area contributed by atoms with E-state index in [9.17, 15) is 9.18 Å². The minimum absolute atomic E-state index is 0.0251. The Labute approximate surface area is 101 Å². The van der Waals surface area contributed by atoms with Crippen LogP contribution in [0.15, 0.2) is 24.3 Å². The van der Waals surface area contributed by atoms with E-state index >= 15 is 0 Å². The molecule has 0 bridgehead atoms. The third kappa shape index (κ3) is 4.15. The quantitative estimate of drug-likeness (QED) is 0.846. The van der Waals surface area contributed by atoms with Gasteiger partial charge >= 0.3 is 0 Å². The summed E-state index contributed by atoms with van der Waals surface area (Å²) in [5.41, 5.74) is 6.29. The predicted molar refractivity (Wildman–Crippen MR) is 66.0 cm³/mol. The molecule has 4 heteroatoms. The second kappa shape index (κ2) is 6.35. The Morgan fingerprint density at radius 2 is 1.94 bits per heavy atom. The van der Waals surface area contributed by atoms with Crippen molar-refractivity contribution in [3.05, 3.63) is 35.6 Å². The zero-order valence-corrected chi connectivity index (χ0v) is 10.3. The first-order valence-electron chi connectivity index (χ1n) is 5.78. The molecule has 3 nitrogen and oxygen atoms in total. The van der Waals surface area contributed by atoms with Crippen LogP contribution in [0.25, 0.3) is 0 Å². The lowest BCUT2D eigenvalue weighted by Crippen LogP contribution is -2.41. The van der Waals surface area contributed by atoms with Crippen LogP contribution in [0.5, 0.6) is 0 Å². The second-order valence-electron chi connectivity index (χ2n) is 4.27. The fourth-order valence-corrected chi connectivity index (χ4v) is 1.69. The summed E-state index contributed by atoms with van der Waals surface area (Å²) in [7, 11) is 0. The summed E-state index contributed by atoms with van der Waals surface area (Å²) in [5, 5.41) is 0. The average molecular weight is 238 g/mol. The van der Waals surface area contributed by atoms with Crippen molar-refractivity contribution in [3.8, 4) is 0 Å². The maximum absolute atomic E-state index is 12.7. The van der Waals surface area contributed by atoms with Crippen molar-refractivity contribution in [2.24, 2.45) is 5.73 Å². The molecule has 0 atom stereocenters. The van der Waals surface area contributed by atoms with Gasteiger partial charge in [0, 0.05) is 19.1 Å². The van der Waals surface area contributed by atoms with Gasteiger partial charge in [-0.3, -0.25) is 4.79 Å². The van der Waals surface area contributed by atoms with Gasteiger partial charge in [0.2, 0.25) is 5.91 Å². The van der Waals surface area contributed by atoms with Gasteiger partial charge in [-0.2, -0.15) is 0 Å². The molecule has 1 amide bonds. The maximum atomic E-state index is 12.7. The molecule has 0 aliphatic rings. The minimum atomic E-state index is -0.288. The van der Waals surface area contributed by atoms with Gasteiger partial charge in [-0.25, -0.2) is 4.39 Å². The number of nitrogens with two attached hydrogens (primary N) is 1. The molecular weight excluding hydrogens is 219 g/mol. The van der Waals surface area contributed by atoms with E-state index < -0.39 is 0 Å². The van der Waals surface area contributed by atoms with Crippen molar-refractivity contribution < 1.29 is 9.18 Å². The van der Waals surface area contributed by atoms with Crippen LogP contribution >= 0.6 is 0 Å². The summed E-state index contributed by atoms with van der Waals surface area (Å²) in [6.07, 6.45) is 0.290. The van der Waals surface area contributed by atoms with Gasteiger partial charge in [-0.15, -0.1) is 0 Å². The van der Waals surface area contributed by atoms with Crippen LogP contribution in [-0.2, 0) is 11.2 Å². The highest BCUT2D eigenvalue weighted by atomic mass is 19.1. The normalized spacial score (nSPS) is 10.6. The standard InChI is InChI=1S/C13H19FN2O/c1-10(2)16(8-7-15)13(17)9-11-3-5-12(14)6-4-11/h3-6,10H,7-9,15H2,1-2H3. The summed E-state index contributed by atoms with van der Waals surface area (Å²) in [6.45, 7) is 4.92. The topological polar surface area (TPSA) is 46.3 Å². The SMILES string of the molecule is CC(C)N(CCN)C(=O)Cc1ccc(F)cc1. The van der Waals surface area contributed by atoms with Crippen molar-refractivity contribution in [1.82, 2.24) is 4.90 Å². The highest BCUT2D eigenvalue weighted by molar-refractivity contribution is 5.79. The van der Waals surface area contributed by atoms with E-state index in [4.69, 9.17) is 5.73 Å². The van der Waals surface area contributed by atoms with Crippen LogP contribution in [0.3, 0.4) is 0 Å². The lowest BCUT2D eigenvalue weighted by Gasteiger charge is -2.26. The van der Waals surface area contributed by atoms with E-state index in [-0.39, 0.29) is 17.8 Å². The number of carbonyl (C=O) groups is 1. The first-order chi connectivity index (χ1) is 8.04. The molecule has 2 N–H and O–H groups in total. The zero-order valence-electron chi connectivity index (χ0n) is 10.3. The number of benzene rings is 1. The third-order valence-corrected chi connectivity index (χ3v) is 2.58. The van der Waals surface area contributed by atoms with Gasteiger partial charge in [0.05, 0.1) is 6.42 Å². The van der Waals surface area contributed by atoms with Crippen LogP contribution in [0.1, 0.15) is 19.4 Å². The molecule has 17 heavy (non-hydrogen) atoms. The molecule has 0 radical (unpaired) electrons. The first-order valence-corrected chi connectivity index (χ1v) is 5.78. The van der Waals surface area contributed by atoms with Crippen molar-refractivity contribution in [2.75, 3.05) is 13.1 Å². The lowest BCUT2D eigenvalue weighted by atomic mass is 10.1. The van der Waals surface area contributed by atoms with E-state index in [1.54, 1.807) is 17.0 Å². The number of hydrogen-bond donors (Lipinski definition) is 1. The molecule has 0 unspecified atom stereocenters. The fraction of sp³-hybridized carbons (Fsp3) is 0.462. The number of halogens is 1. The van der Waals surface area contributed by atoms with E-state index in [1.165, 1.54) is 12.1 Å². The van der Waals surface area contributed by atoms with Crippen LogP contribution < -0.4 is 5.73 Å². The smallest absolute Gasteiger partial charge is 0.227 e. The molecule has 1 aromatic rings. The molecule has 0 saturated heterocycles. The van der Waals surface area contributed by atoms with Gasteiger partial charge < -0.3 is 10.6 Å². The minimum Gasteiger partial charge on any atom is -0.339 e. The highest BCUT2D eigenvalue weighted by Crippen LogP contribution is 2.07. The van der Waals surface area contributed by atoms with Crippen LogP contribution in [-0.4, -0.2) is 29.9 Å². The van der Waals surface area contributed by atoms with Crippen LogP contribution in [0, 0.1) is 5.82 Å². The molecular formula is C13H19FN2O. The summed E-state index contributed by atoms with van der Waals surface area (Å²) >= 11 is 0. The van der Waals surface area contributed by atoms with Gasteiger partial charge in [-0.1, -0.05) is 12.1 Å². The number of carbonyl (C=O) groups excluding carboxylic acids is 1. The first kappa shape index (κ1) is 13.6. The number of nitrogens with zero attached hydrogens (tertiary/aromatic N) is 1. The molecule has 94 valence electrons. The van der Waals surface area contributed by atoms with Crippen molar-refractivity contribution in [2.45, 2.75) is 26.3 Å². The largest absolute Gasteiger partial charge is 0.339 e. The van der Waals surface area contributed by atoms with E-state index in [1.807, 2.05) is 13.8 Å². The second-order valence-corrected chi connectivity index (χ2v) is 4.27. The Hall–Kier alpha value is -1.42. The molecule has 0 heterocycles. The predicted octanol–water partition coefficient (Wildman–Crippen LogP) is 1.56. The Balaban J connectivity index is 2.66. The van der Waals surface area contributed by atoms with Gasteiger partial charge in [0.1, 0.15) is 5.82 Å². The number of hydrogen-bond acceptors (Lipinski definition) is 2. The average Bonchev–Trinajstić information content (AvgIpc) is 2.28. The molecule has 0 saturated carbocycles. The van der Waals surface area contributed by atoms with Crippen LogP contribution in [0.2, 0.25) is 0 Å². The summed E-state index contributed by atoms with van der Waals surface area (Å²) < 4.78 is 12.7. The highest BCUT2D eigenvalue weighted by Gasteiger charge is 2.16. The monoisotopic (exact) mass is 238 g/mol. The molecule has 0 aliphatic carbocycles. The Bertz CT molecular complexity index is 362. The summed E-state index contributed by atoms with van der Waals surface area (Å²) in [6, 6.07) is 6.13. The number of rotatable bonds is 5. The zero-order chi connectivity index (χ0) is 12.8. The van der Waals surface area contributed by atoms with Gasteiger partial charge in [0.25, 0.3) is 0 Å². The molecule has 0 aromatic heterocycles. The van der Waals surface area contributed by atoms with Crippen molar-refractivity contribution in [3.63, 3.8) is 0 Å². The van der Waals surface area contributed by atoms with Gasteiger partial charge in [0.15, 0.2) is 0 Å². The number of amides is 1. The van der Waals surface area contributed by atoms with Crippen LogP contribution in [0.4, 0.5) is 4.39 Å². The maximum Gasteiger partial charge on any atom is 0.227 e. The summed E-state index contributed by atoms with van der Waals surface area (Å²) in [5.74, 6) is -0.263. The van der Waals surface area contributed by atoms with E-state index in [0.29, 0.717) is 19.5 Å². The molecule has 1 aromatic carbocycles. The Kier molecular flexibility index (Phi) is 5.10. The Morgan fingerprint density at radius 1 is 1.35 bits per heavy atom. The van der Waals surface area contributed by atoms with Gasteiger partial charge in [-0.05, 0) is 31.5 Å². The van der Waals surface area contributed by atoms with E-state index in [2.05, 4.69) is 0 Å². The van der Waals surface area contributed by atoms with E-state index in [0.717, 1.165) is 5.56 Å². The molecule has 0 spiro atoms. The lowest BCUT2D eigenvalue weighted by molar-refractivity contribution is -0.132. The van der Waals surface area contributed by atoms with Crippen molar-refractivity contribution in [1.29, 1.82) is 0 Å². The third-order valence-electron chi connectivity index (χ3n) is 2.58. The fourth-order valence-electron chi connectivity index (χ4n) is 1.69. The summed E-state index contributed by atoms with van der Waals surface area (Å²) in [4.78, 5) is 13.7. The molecule has 0 aliphatic heterocycles. The Morgan fingerprint density at radius 3 is 2.41 bits per heavy atom.